The Morgan fingerprint density at radius 3 is 2.80 bits per heavy atom. The summed E-state index contributed by atoms with van der Waals surface area (Å²) in [5.41, 5.74) is 4.43. The molecule has 0 saturated heterocycles. The van der Waals surface area contributed by atoms with Gasteiger partial charge in [0.1, 0.15) is 0 Å². The second kappa shape index (κ2) is 7.11. The maximum absolute atomic E-state index is 10.2. The molecule has 0 bridgehead atoms. The van der Waals surface area contributed by atoms with Gasteiger partial charge in [0.05, 0.1) is 17.9 Å². The van der Waals surface area contributed by atoms with Crippen molar-refractivity contribution < 1.29 is 9.84 Å². The van der Waals surface area contributed by atoms with Gasteiger partial charge in [-0.2, -0.15) is 0 Å². The third-order valence-electron chi connectivity index (χ3n) is 5.28. The van der Waals surface area contributed by atoms with Crippen LogP contribution in [-0.2, 0) is 12.0 Å². The highest BCUT2D eigenvalue weighted by molar-refractivity contribution is 5.73. The molecule has 4 aromatic rings. The molecule has 7 heteroatoms. The minimum Gasteiger partial charge on any atom is -0.477 e. The van der Waals surface area contributed by atoms with E-state index in [0.717, 1.165) is 59.0 Å². The van der Waals surface area contributed by atoms with Crippen LogP contribution < -0.4 is 10.1 Å². The molecule has 0 radical (unpaired) electrons. The van der Waals surface area contributed by atoms with Crippen molar-refractivity contribution >= 4 is 17.2 Å². The van der Waals surface area contributed by atoms with E-state index in [4.69, 9.17) is 9.72 Å². The van der Waals surface area contributed by atoms with Gasteiger partial charge in [-0.25, -0.2) is 15.0 Å². The van der Waals surface area contributed by atoms with E-state index in [-0.39, 0.29) is 0 Å². The number of hydrogen-bond donors (Lipinski definition) is 2. The van der Waals surface area contributed by atoms with E-state index in [9.17, 15) is 5.11 Å². The number of fused-ring (bicyclic) bond motifs is 2. The predicted molar refractivity (Wildman–Crippen MR) is 115 cm³/mol. The lowest BCUT2D eigenvalue weighted by Crippen LogP contribution is -2.15. The highest BCUT2D eigenvalue weighted by Crippen LogP contribution is 2.29. The van der Waals surface area contributed by atoms with E-state index >= 15 is 0 Å². The summed E-state index contributed by atoms with van der Waals surface area (Å²) in [6, 6.07) is 9.77. The first-order chi connectivity index (χ1) is 14.5. The molecular weight excluding hydrogens is 378 g/mol. The van der Waals surface area contributed by atoms with Crippen molar-refractivity contribution in [1.82, 2.24) is 19.4 Å². The number of aliphatic hydroxyl groups is 1. The van der Waals surface area contributed by atoms with E-state index in [2.05, 4.69) is 21.4 Å². The van der Waals surface area contributed by atoms with Crippen molar-refractivity contribution in [3.63, 3.8) is 0 Å². The summed E-state index contributed by atoms with van der Waals surface area (Å²) in [4.78, 5) is 13.8. The van der Waals surface area contributed by atoms with Gasteiger partial charge in [0, 0.05) is 41.6 Å². The number of nitrogens with zero attached hydrogens (tertiary/aromatic N) is 4. The highest BCUT2D eigenvalue weighted by atomic mass is 16.5. The van der Waals surface area contributed by atoms with Crippen molar-refractivity contribution in [1.29, 1.82) is 0 Å². The van der Waals surface area contributed by atoms with Crippen LogP contribution in [0, 0.1) is 0 Å². The maximum Gasteiger partial charge on any atom is 0.216 e. The van der Waals surface area contributed by atoms with E-state index in [1.54, 1.807) is 26.2 Å². The predicted octanol–water partition coefficient (Wildman–Crippen LogP) is 4.09. The zero-order valence-electron chi connectivity index (χ0n) is 17.0. The average Bonchev–Trinajstić information content (AvgIpc) is 3.22. The molecular formula is C23H23N5O2. The van der Waals surface area contributed by atoms with Gasteiger partial charge in [-0.05, 0) is 50.5 Å². The van der Waals surface area contributed by atoms with Crippen molar-refractivity contribution in [2.75, 3.05) is 11.9 Å². The molecule has 152 valence electrons. The second-order valence-corrected chi connectivity index (χ2v) is 8.03. The number of anilines is 2. The summed E-state index contributed by atoms with van der Waals surface area (Å²) < 4.78 is 7.58. The van der Waals surface area contributed by atoms with E-state index in [1.165, 1.54) is 0 Å². The number of nitrogens with one attached hydrogen (secondary N) is 1. The van der Waals surface area contributed by atoms with Gasteiger partial charge < -0.3 is 19.6 Å². The molecule has 0 fully saturated rings. The molecule has 1 aliphatic heterocycles. The molecule has 4 heterocycles. The van der Waals surface area contributed by atoms with Gasteiger partial charge >= 0.3 is 0 Å². The van der Waals surface area contributed by atoms with Gasteiger partial charge in [-0.15, -0.1) is 0 Å². The Bertz CT molecular complexity index is 1210. The molecule has 0 unspecified atom stereocenters. The Morgan fingerprint density at radius 1 is 1.17 bits per heavy atom. The Kier molecular flexibility index (Phi) is 4.40. The summed E-state index contributed by atoms with van der Waals surface area (Å²) in [6.45, 7) is 4.26. The molecule has 0 saturated carbocycles. The number of benzene rings is 1. The number of aryl methyl sites for hydroxylation is 1. The Labute approximate surface area is 174 Å². The van der Waals surface area contributed by atoms with E-state index < -0.39 is 5.60 Å². The molecule has 0 aliphatic carbocycles. The van der Waals surface area contributed by atoms with Crippen molar-refractivity contribution in [2.24, 2.45) is 0 Å². The fourth-order valence-corrected chi connectivity index (χ4v) is 3.63. The average molecular weight is 401 g/mol. The molecule has 1 aliphatic rings. The third-order valence-corrected chi connectivity index (χ3v) is 5.28. The molecule has 30 heavy (non-hydrogen) atoms. The van der Waals surface area contributed by atoms with Gasteiger partial charge in [-0.1, -0.05) is 12.1 Å². The van der Waals surface area contributed by atoms with Crippen LogP contribution in [0.5, 0.6) is 5.88 Å². The third kappa shape index (κ3) is 3.48. The number of hydrogen-bond acceptors (Lipinski definition) is 6. The van der Waals surface area contributed by atoms with E-state index in [0.29, 0.717) is 5.82 Å². The van der Waals surface area contributed by atoms with E-state index in [1.807, 2.05) is 41.1 Å². The first-order valence-corrected chi connectivity index (χ1v) is 10.0. The minimum absolute atomic E-state index is 0.655. The van der Waals surface area contributed by atoms with Gasteiger partial charge in [0.15, 0.2) is 11.5 Å². The topological polar surface area (TPSA) is 84.6 Å². The lowest BCUT2D eigenvalue weighted by molar-refractivity contribution is 0.0786. The first kappa shape index (κ1) is 18.6. The van der Waals surface area contributed by atoms with Crippen LogP contribution in [0.4, 0.5) is 11.5 Å². The molecule has 2 N–H and O–H groups in total. The van der Waals surface area contributed by atoms with Gasteiger partial charge in [0.25, 0.3) is 0 Å². The van der Waals surface area contributed by atoms with Crippen LogP contribution in [0.3, 0.4) is 0 Å². The molecule has 5 rings (SSSR count). The summed E-state index contributed by atoms with van der Waals surface area (Å²) in [5.74, 6) is 1.38. The lowest BCUT2D eigenvalue weighted by atomic mass is 9.98. The summed E-state index contributed by atoms with van der Waals surface area (Å²) in [6.07, 6.45) is 9.37. The Morgan fingerprint density at radius 2 is 2.00 bits per heavy atom. The number of imidazole rings is 1. The first-order valence-electron chi connectivity index (χ1n) is 10.0. The fraction of sp³-hybridized carbons (Fsp3) is 0.261. The maximum atomic E-state index is 10.2. The van der Waals surface area contributed by atoms with Crippen molar-refractivity contribution in [3.05, 3.63) is 66.2 Å². The van der Waals surface area contributed by atoms with Crippen molar-refractivity contribution in [2.45, 2.75) is 32.3 Å². The van der Waals surface area contributed by atoms with Crippen LogP contribution in [0.1, 0.15) is 31.4 Å². The number of ether oxygens (including phenoxy) is 1. The summed E-state index contributed by atoms with van der Waals surface area (Å²) in [7, 11) is 0. The van der Waals surface area contributed by atoms with Crippen LogP contribution in [0.15, 0.2) is 55.1 Å². The van der Waals surface area contributed by atoms with Gasteiger partial charge in [0.2, 0.25) is 5.88 Å². The highest BCUT2D eigenvalue weighted by Gasteiger charge is 2.17. The fourth-order valence-electron chi connectivity index (χ4n) is 3.63. The van der Waals surface area contributed by atoms with Crippen molar-refractivity contribution in [3.8, 4) is 17.1 Å². The van der Waals surface area contributed by atoms with Crippen LogP contribution in [0.25, 0.3) is 16.9 Å². The van der Waals surface area contributed by atoms with Crippen LogP contribution in [0.2, 0.25) is 0 Å². The monoisotopic (exact) mass is 401 g/mol. The second-order valence-electron chi connectivity index (χ2n) is 8.03. The molecule has 3 aromatic heterocycles. The quantitative estimate of drug-likeness (QED) is 0.536. The number of pyridine rings is 1. The Balaban J connectivity index is 1.52. The SMILES string of the molecule is CC(C)(O)c1ccc(Nc2nc(-c3cnc4c(c3)CCCO4)cn3ccnc23)cc1. The lowest BCUT2D eigenvalue weighted by Gasteiger charge is -2.18. The summed E-state index contributed by atoms with van der Waals surface area (Å²) >= 11 is 0. The normalized spacial score (nSPS) is 13.7. The summed E-state index contributed by atoms with van der Waals surface area (Å²) in [5, 5.41) is 13.5. The standard InChI is InChI=1S/C23H23N5O2/c1-23(2,29)17-5-7-18(8-6-17)26-20-21-24-9-10-28(21)14-19(27-20)16-12-15-4-3-11-30-22(15)25-13-16/h5-10,12-14,29H,3-4,11H2,1-2H3,(H,26,27). The van der Waals surface area contributed by atoms with Crippen LogP contribution in [-0.4, -0.2) is 31.1 Å². The number of rotatable bonds is 4. The molecule has 0 amide bonds. The zero-order valence-corrected chi connectivity index (χ0v) is 17.0. The largest absolute Gasteiger partial charge is 0.477 e. The molecule has 0 spiro atoms. The van der Waals surface area contributed by atoms with Gasteiger partial charge in [-0.3, -0.25) is 0 Å². The molecule has 1 aromatic carbocycles. The molecule has 7 nitrogen and oxygen atoms in total. The Hall–Kier alpha value is -3.45. The zero-order chi connectivity index (χ0) is 20.7. The minimum atomic E-state index is -0.879. The smallest absolute Gasteiger partial charge is 0.216 e. The molecule has 0 atom stereocenters. The van der Waals surface area contributed by atoms with Crippen LogP contribution >= 0.6 is 0 Å². The number of aromatic nitrogens is 4.